The molecule has 4 N–H and O–H groups in total. The summed E-state index contributed by atoms with van der Waals surface area (Å²) in [6.07, 6.45) is 0. The van der Waals surface area contributed by atoms with Crippen LogP contribution in [-0.4, -0.2) is 82.4 Å². The smallest absolute Gasteiger partial charge is 0.550 e. The predicted molar refractivity (Wildman–Crippen MR) is 66.6 cm³/mol. The summed E-state index contributed by atoms with van der Waals surface area (Å²) in [4.78, 5) is 35.6. The molecule has 0 radical (unpaired) electrons. The van der Waals surface area contributed by atoms with Crippen molar-refractivity contribution in [3.8, 4) is 0 Å². The van der Waals surface area contributed by atoms with Crippen LogP contribution in [0.25, 0.3) is 0 Å². The number of carboxylic acid groups (broad SMARTS) is 4. The standard InChI is InChI=1S/C2H8N2.4C2H4O2.2Na.Sr/c3-1-2-4;4*1-2(3)4;;;/h1-4H2;4*1H3,(H,3,4);;;/q;;;;;2*+1;+2/p-4. The van der Waals surface area contributed by atoms with Gasteiger partial charge in [0.15, 0.2) is 0 Å². The Morgan fingerprint density at radius 1 is 0.609 bits per heavy atom. The summed E-state index contributed by atoms with van der Waals surface area (Å²) in [5.74, 6) is -4.33. The molecule has 0 fully saturated rings. The summed E-state index contributed by atoms with van der Waals surface area (Å²) >= 11 is 0. The van der Waals surface area contributed by atoms with Crippen molar-refractivity contribution in [3.05, 3.63) is 0 Å². The van der Waals surface area contributed by atoms with Gasteiger partial charge in [0.05, 0.1) is 0 Å². The van der Waals surface area contributed by atoms with E-state index in [9.17, 15) is 0 Å². The van der Waals surface area contributed by atoms with Crippen LogP contribution in [0.1, 0.15) is 27.7 Å². The first-order chi connectivity index (χ1) is 8.84. The summed E-state index contributed by atoms with van der Waals surface area (Å²) in [5.41, 5.74) is 9.81. The van der Waals surface area contributed by atoms with Crippen molar-refractivity contribution in [1.29, 1.82) is 0 Å². The fourth-order valence-corrected chi connectivity index (χ4v) is 0. The van der Waals surface area contributed by atoms with Crippen LogP contribution in [0.4, 0.5) is 0 Å². The molecular weight excluding hydrogens is 410 g/mol. The van der Waals surface area contributed by atoms with Crippen LogP contribution in [-0.2, 0) is 19.2 Å². The summed E-state index contributed by atoms with van der Waals surface area (Å²) in [6.45, 7) is 5.08. The van der Waals surface area contributed by atoms with E-state index in [1.165, 1.54) is 0 Å². The molecule has 13 heteroatoms. The van der Waals surface area contributed by atoms with Crippen LogP contribution in [0.5, 0.6) is 0 Å². The molecule has 0 aromatic carbocycles. The van der Waals surface area contributed by atoms with E-state index in [-0.39, 0.29) is 105 Å². The van der Waals surface area contributed by atoms with Gasteiger partial charge in [-0.15, -0.1) is 0 Å². The van der Waals surface area contributed by atoms with Crippen molar-refractivity contribution in [1.82, 2.24) is 0 Å². The monoisotopic (exact) mass is 430 g/mol. The van der Waals surface area contributed by atoms with Gasteiger partial charge in [-0.3, -0.25) is 0 Å². The number of hydrogen-bond donors (Lipinski definition) is 2. The number of aliphatic carboxylic acids is 4. The van der Waals surface area contributed by atoms with Gasteiger partial charge in [-0.25, -0.2) is 0 Å². The number of carbonyl (C=O) groups excluding carboxylic acids is 4. The van der Waals surface area contributed by atoms with E-state index >= 15 is 0 Å². The van der Waals surface area contributed by atoms with Gasteiger partial charge < -0.3 is 51.1 Å². The minimum absolute atomic E-state index is 0. The van der Waals surface area contributed by atoms with Crippen molar-refractivity contribution >= 4 is 69.4 Å². The zero-order chi connectivity index (χ0) is 17.7. The number of carboxylic acids is 4. The third kappa shape index (κ3) is 2030. The third-order valence-electron chi connectivity index (χ3n) is 0.167. The van der Waals surface area contributed by atoms with E-state index in [0.29, 0.717) is 13.1 Å². The quantitative estimate of drug-likeness (QED) is 0.375. The molecule has 0 aliphatic carbocycles. The fraction of sp³-hybridized carbons (Fsp3) is 0.600. The zero-order valence-electron chi connectivity index (χ0n) is 14.5. The molecule has 0 rings (SSSR count). The van der Waals surface area contributed by atoms with Gasteiger partial charge in [0.1, 0.15) is 0 Å². The molecule has 0 heterocycles. The average Bonchev–Trinajstić information content (AvgIpc) is 2.13. The number of rotatable bonds is 1. The Morgan fingerprint density at radius 3 is 0.652 bits per heavy atom. The van der Waals surface area contributed by atoms with Gasteiger partial charge in [-0.1, -0.05) is 0 Å². The van der Waals surface area contributed by atoms with E-state index < -0.39 is 23.9 Å². The van der Waals surface area contributed by atoms with Crippen LogP contribution in [0.15, 0.2) is 0 Å². The molecule has 0 aliphatic rings. The molecule has 0 unspecified atom stereocenters. The van der Waals surface area contributed by atoms with Crippen molar-refractivity contribution in [2.45, 2.75) is 27.7 Å². The van der Waals surface area contributed by atoms with Gasteiger partial charge in [0.2, 0.25) is 0 Å². The first-order valence-electron chi connectivity index (χ1n) is 4.95. The SMILES string of the molecule is CC(=O)[O-].CC(=O)[O-].CC(=O)[O-].CC(=O)[O-].NCCN.[Na+].[Na+].[Sr+2]. The molecule has 0 atom stereocenters. The van der Waals surface area contributed by atoms with E-state index in [2.05, 4.69) is 0 Å². The molecular formula is C10H20N2Na2O8Sr. The molecule has 0 spiro atoms. The first-order valence-corrected chi connectivity index (χ1v) is 4.95. The maximum Gasteiger partial charge on any atom is 2.00 e. The van der Waals surface area contributed by atoms with Crippen LogP contribution < -0.4 is 91.0 Å². The Morgan fingerprint density at radius 2 is 0.652 bits per heavy atom. The topological polar surface area (TPSA) is 213 Å². The van der Waals surface area contributed by atoms with Crippen molar-refractivity contribution < 1.29 is 98.7 Å². The molecule has 0 bridgehead atoms. The molecule has 0 aromatic heterocycles. The van der Waals surface area contributed by atoms with Crippen molar-refractivity contribution in [3.63, 3.8) is 0 Å². The second-order valence-electron chi connectivity index (χ2n) is 2.54. The number of hydrogen-bond acceptors (Lipinski definition) is 10. The maximum absolute atomic E-state index is 8.89. The average molecular weight is 430 g/mol. The van der Waals surface area contributed by atoms with E-state index in [1.807, 2.05) is 0 Å². The predicted octanol–water partition coefficient (Wildman–Crippen LogP) is -12.4. The van der Waals surface area contributed by atoms with E-state index in [4.69, 9.17) is 51.1 Å². The minimum Gasteiger partial charge on any atom is -0.550 e. The Labute approximate surface area is 217 Å². The second-order valence-corrected chi connectivity index (χ2v) is 2.54. The second kappa shape index (κ2) is 49.5. The van der Waals surface area contributed by atoms with E-state index in [1.54, 1.807) is 0 Å². The molecule has 10 nitrogen and oxygen atoms in total. The van der Waals surface area contributed by atoms with Crippen LogP contribution in [0.3, 0.4) is 0 Å². The van der Waals surface area contributed by atoms with Gasteiger partial charge in [0.25, 0.3) is 0 Å². The molecule has 0 saturated carbocycles. The van der Waals surface area contributed by atoms with E-state index in [0.717, 1.165) is 27.7 Å². The Hall–Kier alpha value is 1.28. The van der Waals surface area contributed by atoms with Gasteiger partial charge in [-0.05, 0) is 27.7 Å². The number of nitrogens with two attached hydrogens (primary N) is 2. The normalized spacial score (nSPS) is 5.65. The molecule has 0 saturated heterocycles. The molecule has 0 aliphatic heterocycles. The van der Waals surface area contributed by atoms with Crippen LogP contribution in [0.2, 0.25) is 0 Å². The molecule has 0 aromatic rings. The van der Waals surface area contributed by atoms with Gasteiger partial charge in [0, 0.05) is 37.0 Å². The molecule has 23 heavy (non-hydrogen) atoms. The van der Waals surface area contributed by atoms with Gasteiger partial charge in [-0.2, -0.15) is 0 Å². The third-order valence-corrected chi connectivity index (χ3v) is 0.167. The molecule has 0 amide bonds. The maximum atomic E-state index is 8.89. The first kappa shape index (κ1) is 49.6. The summed E-state index contributed by atoms with van der Waals surface area (Å²) in [5, 5.41) is 35.6. The van der Waals surface area contributed by atoms with Crippen LogP contribution >= 0.6 is 0 Å². The number of carbonyl (C=O) groups is 4. The summed E-state index contributed by atoms with van der Waals surface area (Å²) in [7, 11) is 0. The zero-order valence-corrected chi connectivity index (χ0v) is 22.0. The minimum atomic E-state index is -1.08. The Balaban J connectivity index is -0.0000000197. The summed E-state index contributed by atoms with van der Waals surface area (Å²) < 4.78 is 0. The van der Waals surface area contributed by atoms with Crippen molar-refractivity contribution in [2.75, 3.05) is 13.1 Å². The van der Waals surface area contributed by atoms with Gasteiger partial charge >= 0.3 is 105 Å². The van der Waals surface area contributed by atoms with Crippen LogP contribution in [0, 0.1) is 0 Å². The Bertz CT molecular complexity index is 205. The largest absolute Gasteiger partial charge is 2.00 e. The van der Waals surface area contributed by atoms with Crippen molar-refractivity contribution in [2.24, 2.45) is 11.5 Å². The Kier molecular flexibility index (Phi) is 107. The fourth-order valence-electron chi connectivity index (χ4n) is 0. The molecule has 122 valence electrons. The summed E-state index contributed by atoms with van der Waals surface area (Å²) in [6, 6.07) is 0.